The number of nitrogens with zero attached hydrogens (tertiary/aromatic N) is 2. The average molecular weight is 247 g/mol. The van der Waals surface area contributed by atoms with Crippen molar-refractivity contribution < 1.29 is 4.74 Å². The van der Waals surface area contributed by atoms with E-state index >= 15 is 0 Å². The molecule has 4 heteroatoms. The fourth-order valence-corrected chi connectivity index (χ4v) is 3.26. The van der Waals surface area contributed by atoms with Gasteiger partial charge in [0.25, 0.3) is 0 Å². The van der Waals surface area contributed by atoms with E-state index in [-0.39, 0.29) is 0 Å². The molecule has 1 aliphatic carbocycles. The van der Waals surface area contributed by atoms with E-state index < -0.39 is 0 Å². The highest BCUT2D eigenvalue weighted by molar-refractivity contribution is 5.52. The van der Waals surface area contributed by atoms with Crippen LogP contribution in [0.15, 0.2) is 12.3 Å². The molecule has 0 bridgehead atoms. The molecule has 4 nitrogen and oxygen atoms in total. The van der Waals surface area contributed by atoms with Crippen LogP contribution in [-0.4, -0.2) is 30.3 Å². The highest BCUT2D eigenvalue weighted by Gasteiger charge is 2.37. The number of rotatable bonds is 2. The third kappa shape index (κ3) is 1.89. The Labute approximate surface area is 108 Å². The molecule has 0 aromatic carbocycles. The number of hydrogen-bond acceptors (Lipinski definition) is 4. The molecular formula is C14H21N3O. The number of aryl methyl sites for hydroxylation is 1. The Kier molecular flexibility index (Phi) is 3.22. The van der Waals surface area contributed by atoms with Crippen LogP contribution in [-0.2, 0) is 11.3 Å². The van der Waals surface area contributed by atoms with Crippen LogP contribution in [0, 0.1) is 6.92 Å². The Morgan fingerprint density at radius 2 is 2.39 bits per heavy atom. The van der Waals surface area contributed by atoms with Gasteiger partial charge in [0.2, 0.25) is 0 Å². The van der Waals surface area contributed by atoms with Gasteiger partial charge in [-0.05, 0) is 37.8 Å². The molecule has 1 aromatic rings. The van der Waals surface area contributed by atoms with Crippen molar-refractivity contribution in [3.05, 3.63) is 23.4 Å². The zero-order chi connectivity index (χ0) is 12.5. The number of morpholine rings is 1. The lowest BCUT2D eigenvalue weighted by Gasteiger charge is -2.39. The average Bonchev–Trinajstić information content (AvgIpc) is 2.86. The molecule has 1 aliphatic heterocycles. The first-order valence-corrected chi connectivity index (χ1v) is 6.84. The first-order valence-electron chi connectivity index (χ1n) is 6.84. The molecule has 1 saturated carbocycles. The number of anilines is 1. The Bertz CT molecular complexity index is 435. The van der Waals surface area contributed by atoms with Crippen molar-refractivity contribution in [2.24, 2.45) is 5.73 Å². The van der Waals surface area contributed by atoms with Gasteiger partial charge in [-0.3, -0.25) is 0 Å². The highest BCUT2D eigenvalue weighted by atomic mass is 16.5. The van der Waals surface area contributed by atoms with E-state index in [1.807, 2.05) is 12.3 Å². The molecule has 2 fully saturated rings. The number of hydrogen-bond donors (Lipinski definition) is 1. The SMILES string of the molecule is Cc1ccnc(N2CCOC3CCCC32)c1CN. The molecule has 0 radical (unpaired) electrons. The number of aromatic nitrogens is 1. The Hall–Kier alpha value is -1.13. The van der Waals surface area contributed by atoms with Gasteiger partial charge in [-0.25, -0.2) is 4.98 Å². The third-order valence-corrected chi connectivity index (χ3v) is 4.23. The van der Waals surface area contributed by atoms with Gasteiger partial charge in [-0.2, -0.15) is 0 Å². The van der Waals surface area contributed by atoms with E-state index in [0.29, 0.717) is 18.7 Å². The van der Waals surface area contributed by atoms with Crippen LogP contribution in [0.25, 0.3) is 0 Å². The number of pyridine rings is 1. The van der Waals surface area contributed by atoms with Crippen LogP contribution in [0.1, 0.15) is 30.4 Å². The summed E-state index contributed by atoms with van der Waals surface area (Å²) in [6.45, 7) is 4.41. The zero-order valence-corrected chi connectivity index (χ0v) is 10.9. The Morgan fingerprint density at radius 3 is 3.22 bits per heavy atom. The van der Waals surface area contributed by atoms with Crippen LogP contribution < -0.4 is 10.6 Å². The predicted molar refractivity (Wildman–Crippen MR) is 71.6 cm³/mol. The van der Waals surface area contributed by atoms with E-state index in [0.717, 1.165) is 19.0 Å². The molecule has 2 aliphatic rings. The van der Waals surface area contributed by atoms with Crippen LogP contribution in [0.4, 0.5) is 5.82 Å². The lowest BCUT2D eigenvalue weighted by molar-refractivity contribution is 0.0252. The third-order valence-electron chi connectivity index (χ3n) is 4.23. The summed E-state index contributed by atoms with van der Waals surface area (Å²) in [6, 6.07) is 2.54. The van der Waals surface area contributed by atoms with Crippen molar-refractivity contribution >= 4 is 5.82 Å². The lowest BCUT2D eigenvalue weighted by Crippen LogP contribution is -2.49. The first kappa shape index (κ1) is 11.9. The lowest BCUT2D eigenvalue weighted by atomic mass is 10.1. The molecule has 3 rings (SSSR count). The zero-order valence-electron chi connectivity index (χ0n) is 10.9. The van der Waals surface area contributed by atoms with Crippen molar-refractivity contribution in [2.75, 3.05) is 18.1 Å². The fraction of sp³-hybridized carbons (Fsp3) is 0.643. The summed E-state index contributed by atoms with van der Waals surface area (Å²) in [7, 11) is 0. The van der Waals surface area contributed by atoms with Crippen LogP contribution in [0.2, 0.25) is 0 Å². The maximum atomic E-state index is 5.90. The van der Waals surface area contributed by atoms with E-state index in [1.165, 1.54) is 30.4 Å². The predicted octanol–water partition coefficient (Wildman–Crippen LogP) is 1.61. The maximum Gasteiger partial charge on any atom is 0.133 e. The van der Waals surface area contributed by atoms with Crippen molar-refractivity contribution in [1.29, 1.82) is 0 Å². The summed E-state index contributed by atoms with van der Waals surface area (Å²) < 4.78 is 5.86. The fourth-order valence-electron chi connectivity index (χ4n) is 3.26. The number of ether oxygens (including phenoxy) is 1. The molecule has 98 valence electrons. The summed E-state index contributed by atoms with van der Waals surface area (Å²) >= 11 is 0. The van der Waals surface area contributed by atoms with Crippen molar-refractivity contribution in [3.63, 3.8) is 0 Å². The highest BCUT2D eigenvalue weighted by Crippen LogP contribution is 2.34. The van der Waals surface area contributed by atoms with Crippen molar-refractivity contribution in [1.82, 2.24) is 4.98 Å². The summed E-state index contributed by atoms with van der Waals surface area (Å²) in [5, 5.41) is 0. The minimum Gasteiger partial charge on any atom is -0.374 e. The van der Waals surface area contributed by atoms with Crippen LogP contribution in [0.5, 0.6) is 0 Å². The summed E-state index contributed by atoms with van der Waals surface area (Å²) in [5.74, 6) is 1.08. The second kappa shape index (κ2) is 4.86. The molecule has 2 N–H and O–H groups in total. The summed E-state index contributed by atoms with van der Waals surface area (Å²) in [5.41, 5.74) is 8.32. The second-order valence-corrected chi connectivity index (χ2v) is 5.24. The van der Waals surface area contributed by atoms with Gasteiger partial charge < -0.3 is 15.4 Å². The van der Waals surface area contributed by atoms with Crippen LogP contribution >= 0.6 is 0 Å². The molecule has 2 atom stereocenters. The van der Waals surface area contributed by atoms with Gasteiger partial charge in [-0.15, -0.1) is 0 Å². The normalized spacial score (nSPS) is 27.3. The molecule has 0 spiro atoms. The Morgan fingerprint density at radius 1 is 1.50 bits per heavy atom. The Balaban J connectivity index is 1.96. The standard InChI is InChI=1S/C14H21N3O/c1-10-5-6-16-14(11(10)9-15)17-7-8-18-13-4-2-3-12(13)17/h5-6,12-13H,2-4,7-9,15H2,1H3. The quantitative estimate of drug-likeness (QED) is 0.862. The van der Waals surface area contributed by atoms with Gasteiger partial charge in [-0.1, -0.05) is 0 Å². The first-order chi connectivity index (χ1) is 8.81. The molecule has 2 heterocycles. The second-order valence-electron chi connectivity index (χ2n) is 5.24. The van der Waals surface area contributed by atoms with E-state index in [4.69, 9.17) is 10.5 Å². The molecular weight excluding hydrogens is 226 g/mol. The van der Waals surface area contributed by atoms with Gasteiger partial charge >= 0.3 is 0 Å². The van der Waals surface area contributed by atoms with Crippen LogP contribution in [0.3, 0.4) is 0 Å². The molecule has 1 aromatic heterocycles. The van der Waals surface area contributed by atoms with Gasteiger partial charge in [0.05, 0.1) is 18.8 Å². The van der Waals surface area contributed by atoms with E-state index in [1.54, 1.807) is 0 Å². The van der Waals surface area contributed by atoms with Gasteiger partial charge in [0.15, 0.2) is 0 Å². The topological polar surface area (TPSA) is 51.4 Å². The van der Waals surface area contributed by atoms with Crippen molar-refractivity contribution in [3.8, 4) is 0 Å². The monoisotopic (exact) mass is 247 g/mol. The molecule has 1 saturated heterocycles. The summed E-state index contributed by atoms with van der Waals surface area (Å²) in [6.07, 6.45) is 5.94. The number of fused-ring (bicyclic) bond motifs is 1. The molecule has 18 heavy (non-hydrogen) atoms. The molecule has 0 amide bonds. The number of nitrogens with two attached hydrogens (primary N) is 1. The van der Waals surface area contributed by atoms with Gasteiger partial charge in [0, 0.05) is 24.8 Å². The summed E-state index contributed by atoms with van der Waals surface area (Å²) in [4.78, 5) is 7.01. The largest absolute Gasteiger partial charge is 0.374 e. The minimum atomic E-state index is 0.395. The minimum absolute atomic E-state index is 0.395. The smallest absolute Gasteiger partial charge is 0.133 e. The maximum absolute atomic E-state index is 5.90. The van der Waals surface area contributed by atoms with Crippen molar-refractivity contribution in [2.45, 2.75) is 44.9 Å². The molecule has 2 unspecified atom stereocenters. The van der Waals surface area contributed by atoms with E-state index in [2.05, 4.69) is 16.8 Å². The van der Waals surface area contributed by atoms with E-state index in [9.17, 15) is 0 Å². The van der Waals surface area contributed by atoms with Gasteiger partial charge in [0.1, 0.15) is 5.82 Å².